The van der Waals surface area contributed by atoms with Crippen LogP contribution in [-0.4, -0.2) is 30.9 Å². The van der Waals surface area contributed by atoms with Crippen LogP contribution in [0.3, 0.4) is 0 Å². The lowest BCUT2D eigenvalue weighted by Crippen LogP contribution is -2.25. The number of benzene rings is 1. The molecule has 2 heterocycles. The van der Waals surface area contributed by atoms with Gasteiger partial charge in [-0.15, -0.1) is 0 Å². The van der Waals surface area contributed by atoms with Crippen molar-refractivity contribution in [3.8, 4) is 0 Å². The molecule has 0 aliphatic rings. The van der Waals surface area contributed by atoms with Gasteiger partial charge in [0.25, 0.3) is 0 Å². The van der Waals surface area contributed by atoms with Crippen molar-refractivity contribution >= 4 is 11.8 Å². The number of Topliss-reactive ketones (excluding diaryl/α,β-unsaturated/α-hetero) is 1. The zero-order valence-electron chi connectivity index (χ0n) is 14.6. The van der Waals surface area contributed by atoms with E-state index >= 15 is 0 Å². The van der Waals surface area contributed by atoms with E-state index in [4.69, 9.17) is 0 Å². The van der Waals surface area contributed by atoms with Crippen molar-refractivity contribution in [3.63, 3.8) is 0 Å². The summed E-state index contributed by atoms with van der Waals surface area (Å²) >= 11 is 0. The van der Waals surface area contributed by atoms with Crippen LogP contribution in [0.15, 0.2) is 42.7 Å². The highest BCUT2D eigenvalue weighted by molar-refractivity contribution is 5.95. The monoisotopic (exact) mass is 336 g/mol. The highest BCUT2D eigenvalue weighted by Crippen LogP contribution is 2.17. The minimum absolute atomic E-state index is 0.127. The summed E-state index contributed by atoms with van der Waals surface area (Å²) in [5, 5.41) is 0. The first-order chi connectivity index (χ1) is 12.0. The van der Waals surface area contributed by atoms with Gasteiger partial charge in [-0.05, 0) is 18.9 Å². The number of carbonyl (C=O) groups is 2. The standard InChI is InChI=1S/C19H20N4O2/c1-4-16-13(2)23(17(21-16)12-15-8-6-5-7-9-15)19(25)22-11-10-20-18(22)14(3)24/h5-11H,4,12H2,1-3H3. The number of ketones is 1. The van der Waals surface area contributed by atoms with E-state index in [0.29, 0.717) is 12.2 Å². The minimum Gasteiger partial charge on any atom is -0.291 e. The Morgan fingerprint density at radius 1 is 1.16 bits per heavy atom. The fourth-order valence-corrected chi connectivity index (χ4v) is 2.92. The van der Waals surface area contributed by atoms with E-state index in [1.807, 2.05) is 44.2 Å². The Morgan fingerprint density at radius 3 is 2.52 bits per heavy atom. The highest BCUT2D eigenvalue weighted by atomic mass is 16.2. The van der Waals surface area contributed by atoms with Crippen LogP contribution in [0, 0.1) is 6.92 Å². The van der Waals surface area contributed by atoms with Gasteiger partial charge in [-0.3, -0.25) is 9.36 Å². The first kappa shape index (κ1) is 16.8. The Morgan fingerprint density at radius 2 is 1.88 bits per heavy atom. The fraction of sp³-hybridized carbons (Fsp3) is 0.263. The summed E-state index contributed by atoms with van der Waals surface area (Å²) < 4.78 is 2.87. The molecule has 3 aromatic rings. The summed E-state index contributed by atoms with van der Waals surface area (Å²) in [4.78, 5) is 33.5. The van der Waals surface area contributed by atoms with Crippen molar-refractivity contribution in [2.75, 3.05) is 0 Å². The van der Waals surface area contributed by atoms with Crippen LogP contribution in [0.1, 0.15) is 47.2 Å². The molecular weight excluding hydrogens is 316 g/mol. The van der Waals surface area contributed by atoms with Crippen molar-refractivity contribution in [3.05, 3.63) is 71.3 Å². The van der Waals surface area contributed by atoms with Gasteiger partial charge in [0, 0.05) is 31.4 Å². The molecule has 0 radical (unpaired) electrons. The van der Waals surface area contributed by atoms with Gasteiger partial charge in [0.2, 0.25) is 0 Å². The summed E-state index contributed by atoms with van der Waals surface area (Å²) in [5.74, 6) is 0.534. The molecule has 128 valence electrons. The first-order valence-electron chi connectivity index (χ1n) is 8.23. The number of hydrogen-bond acceptors (Lipinski definition) is 4. The molecule has 0 spiro atoms. The third-order valence-electron chi connectivity index (χ3n) is 4.17. The largest absolute Gasteiger partial charge is 0.339 e. The molecule has 0 aliphatic heterocycles. The molecule has 0 saturated carbocycles. The third-order valence-corrected chi connectivity index (χ3v) is 4.17. The predicted octanol–water partition coefficient (Wildman–Crippen LogP) is 3.26. The number of aromatic nitrogens is 4. The number of nitrogens with zero attached hydrogens (tertiary/aromatic N) is 4. The molecule has 25 heavy (non-hydrogen) atoms. The second kappa shape index (κ2) is 6.84. The van der Waals surface area contributed by atoms with Crippen LogP contribution in [0.4, 0.5) is 4.79 Å². The molecule has 2 aromatic heterocycles. The Balaban J connectivity index is 2.08. The average Bonchev–Trinajstić information content (AvgIpc) is 3.20. The number of imidazole rings is 2. The number of rotatable bonds is 4. The lowest BCUT2D eigenvalue weighted by atomic mass is 10.1. The van der Waals surface area contributed by atoms with E-state index < -0.39 is 0 Å². The Hall–Kier alpha value is -3.02. The summed E-state index contributed by atoms with van der Waals surface area (Å²) in [6.45, 7) is 5.28. The molecule has 0 aliphatic carbocycles. The summed E-state index contributed by atoms with van der Waals surface area (Å²) in [6.07, 6.45) is 4.24. The second-order valence-corrected chi connectivity index (χ2v) is 5.87. The van der Waals surface area contributed by atoms with Gasteiger partial charge in [-0.2, -0.15) is 0 Å². The van der Waals surface area contributed by atoms with Gasteiger partial charge in [-0.25, -0.2) is 19.3 Å². The van der Waals surface area contributed by atoms with Gasteiger partial charge >= 0.3 is 6.03 Å². The molecule has 0 N–H and O–H groups in total. The zero-order chi connectivity index (χ0) is 18.0. The summed E-state index contributed by atoms with van der Waals surface area (Å²) in [5.41, 5.74) is 2.74. The molecule has 1 aromatic carbocycles. The van der Waals surface area contributed by atoms with Crippen LogP contribution in [-0.2, 0) is 12.8 Å². The van der Waals surface area contributed by atoms with E-state index in [1.165, 1.54) is 23.9 Å². The van der Waals surface area contributed by atoms with Crippen LogP contribution in [0.2, 0.25) is 0 Å². The molecule has 0 fully saturated rings. The molecule has 0 unspecified atom stereocenters. The number of carbonyl (C=O) groups excluding carboxylic acids is 2. The smallest absolute Gasteiger partial charge is 0.291 e. The lowest BCUT2D eigenvalue weighted by molar-refractivity contribution is 0.100. The van der Waals surface area contributed by atoms with Crippen molar-refractivity contribution in [1.29, 1.82) is 0 Å². The van der Waals surface area contributed by atoms with E-state index in [2.05, 4.69) is 9.97 Å². The number of hydrogen-bond donors (Lipinski definition) is 0. The topological polar surface area (TPSA) is 69.8 Å². The maximum absolute atomic E-state index is 13.1. The molecule has 0 amide bonds. The van der Waals surface area contributed by atoms with Gasteiger partial charge in [0.1, 0.15) is 5.82 Å². The molecule has 0 saturated heterocycles. The van der Waals surface area contributed by atoms with Crippen LogP contribution in [0.25, 0.3) is 0 Å². The molecule has 6 heteroatoms. The normalized spacial score (nSPS) is 10.8. The highest BCUT2D eigenvalue weighted by Gasteiger charge is 2.22. The fourth-order valence-electron chi connectivity index (χ4n) is 2.92. The van der Waals surface area contributed by atoms with E-state index in [0.717, 1.165) is 23.4 Å². The van der Waals surface area contributed by atoms with Gasteiger partial charge in [0.05, 0.1) is 5.69 Å². The van der Waals surface area contributed by atoms with E-state index in [1.54, 1.807) is 4.57 Å². The first-order valence-corrected chi connectivity index (χ1v) is 8.23. The van der Waals surface area contributed by atoms with Gasteiger partial charge in [-0.1, -0.05) is 37.3 Å². The van der Waals surface area contributed by atoms with Crippen molar-refractivity contribution < 1.29 is 9.59 Å². The predicted molar refractivity (Wildman–Crippen MR) is 94.0 cm³/mol. The maximum atomic E-state index is 13.1. The van der Waals surface area contributed by atoms with E-state index in [-0.39, 0.29) is 17.6 Å². The Bertz CT molecular complexity index is 922. The Labute approximate surface area is 146 Å². The van der Waals surface area contributed by atoms with Gasteiger partial charge in [0.15, 0.2) is 11.6 Å². The molecule has 0 atom stereocenters. The van der Waals surface area contributed by atoms with Crippen molar-refractivity contribution in [1.82, 2.24) is 19.1 Å². The average molecular weight is 336 g/mol. The quantitative estimate of drug-likeness (QED) is 0.686. The number of aryl methyl sites for hydroxylation is 1. The Kier molecular flexibility index (Phi) is 4.61. The van der Waals surface area contributed by atoms with Crippen LogP contribution >= 0.6 is 0 Å². The molecule has 0 bridgehead atoms. The van der Waals surface area contributed by atoms with Gasteiger partial charge < -0.3 is 0 Å². The van der Waals surface area contributed by atoms with Crippen molar-refractivity contribution in [2.45, 2.75) is 33.6 Å². The molecule has 3 rings (SSSR count). The van der Waals surface area contributed by atoms with Crippen molar-refractivity contribution in [2.24, 2.45) is 0 Å². The zero-order valence-corrected chi connectivity index (χ0v) is 14.6. The minimum atomic E-state index is -0.335. The summed E-state index contributed by atoms with van der Waals surface area (Å²) in [6, 6.07) is 9.54. The van der Waals surface area contributed by atoms with Crippen LogP contribution in [0.5, 0.6) is 0 Å². The SMILES string of the molecule is CCc1nc(Cc2ccccc2)n(C(=O)n2ccnc2C(C)=O)c1C. The third kappa shape index (κ3) is 3.15. The molecule has 6 nitrogen and oxygen atoms in total. The maximum Gasteiger partial charge on any atom is 0.339 e. The van der Waals surface area contributed by atoms with Crippen LogP contribution < -0.4 is 0 Å². The molecular formula is C19H20N4O2. The van der Waals surface area contributed by atoms with E-state index in [9.17, 15) is 9.59 Å². The second-order valence-electron chi connectivity index (χ2n) is 5.87. The lowest BCUT2D eigenvalue weighted by Gasteiger charge is -2.11. The summed E-state index contributed by atoms with van der Waals surface area (Å²) in [7, 11) is 0.